The summed E-state index contributed by atoms with van der Waals surface area (Å²) in [7, 11) is 0. The zero-order valence-corrected chi connectivity index (χ0v) is 11.7. The molecule has 2 aromatic heterocycles. The van der Waals surface area contributed by atoms with Crippen LogP contribution in [-0.2, 0) is 0 Å². The Bertz CT molecular complexity index is 975. The second-order valence-corrected chi connectivity index (χ2v) is 5.30. The Morgan fingerprint density at radius 2 is 1.95 bits per heavy atom. The summed E-state index contributed by atoms with van der Waals surface area (Å²) in [5.74, 6) is 0. The molecule has 2 heterocycles. The molecule has 2 N–H and O–H groups in total. The number of nitrogen functional groups attached to an aromatic ring is 1. The second-order valence-electron chi connectivity index (χ2n) is 4.87. The van der Waals surface area contributed by atoms with Crippen molar-refractivity contribution in [1.29, 1.82) is 0 Å². The maximum absolute atomic E-state index is 6.03. The third-order valence-corrected chi connectivity index (χ3v) is 3.74. The smallest absolute Gasteiger partial charge is 0.0762 e. The van der Waals surface area contributed by atoms with Crippen LogP contribution in [0.3, 0.4) is 0 Å². The van der Waals surface area contributed by atoms with Gasteiger partial charge in [0.15, 0.2) is 0 Å². The van der Waals surface area contributed by atoms with E-state index < -0.39 is 0 Å². The van der Waals surface area contributed by atoms with Crippen LogP contribution in [0.4, 0.5) is 5.69 Å². The number of anilines is 1. The molecular formula is C16H11ClN4. The Kier molecular flexibility index (Phi) is 2.59. The molecule has 0 saturated carbocycles. The molecule has 0 aliphatic rings. The van der Waals surface area contributed by atoms with E-state index >= 15 is 0 Å². The molecule has 2 aromatic carbocycles. The van der Waals surface area contributed by atoms with Crippen molar-refractivity contribution in [2.45, 2.75) is 0 Å². The van der Waals surface area contributed by atoms with E-state index in [0.717, 1.165) is 27.5 Å². The second kappa shape index (κ2) is 4.46. The molecule has 0 aliphatic heterocycles. The molecule has 0 fully saturated rings. The van der Waals surface area contributed by atoms with Crippen LogP contribution in [0.5, 0.6) is 0 Å². The largest absolute Gasteiger partial charge is 0.399 e. The summed E-state index contributed by atoms with van der Waals surface area (Å²) < 4.78 is 1.88. The number of rotatable bonds is 1. The molecule has 5 heteroatoms. The quantitative estimate of drug-likeness (QED) is 0.543. The molecule has 0 unspecified atom stereocenters. The minimum Gasteiger partial charge on any atom is -0.399 e. The van der Waals surface area contributed by atoms with Gasteiger partial charge in [0.2, 0.25) is 0 Å². The van der Waals surface area contributed by atoms with Crippen LogP contribution in [0.15, 0.2) is 54.9 Å². The van der Waals surface area contributed by atoms with Crippen LogP contribution in [-0.4, -0.2) is 14.8 Å². The highest BCUT2D eigenvalue weighted by molar-refractivity contribution is 6.31. The highest BCUT2D eigenvalue weighted by Gasteiger charge is 2.09. The molecule has 0 saturated heterocycles. The molecule has 4 rings (SSSR count). The Hall–Kier alpha value is -2.59. The van der Waals surface area contributed by atoms with Crippen molar-refractivity contribution in [3.05, 3.63) is 59.9 Å². The van der Waals surface area contributed by atoms with Crippen molar-refractivity contribution in [2.75, 3.05) is 5.73 Å². The maximum atomic E-state index is 6.03. The minimum absolute atomic E-state index is 0.668. The molecule has 0 amide bonds. The zero-order valence-electron chi connectivity index (χ0n) is 11.0. The van der Waals surface area contributed by atoms with Crippen molar-refractivity contribution in [3.63, 3.8) is 0 Å². The van der Waals surface area contributed by atoms with E-state index in [1.54, 1.807) is 6.20 Å². The number of hydrogen-bond donors (Lipinski definition) is 1. The van der Waals surface area contributed by atoms with Crippen molar-refractivity contribution in [2.24, 2.45) is 0 Å². The number of fused-ring (bicyclic) bond motifs is 2. The van der Waals surface area contributed by atoms with Gasteiger partial charge in [0, 0.05) is 27.7 Å². The van der Waals surface area contributed by atoms with E-state index in [4.69, 9.17) is 17.3 Å². The molecule has 0 bridgehead atoms. The lowest BCUT2D eigenvalue weighted by molar-refractivity contribution is 0.916. The van der Waals surface area contributed by atoms with Gasteiger partial charge in [0.25, 0.3) is 0 Å². The highest BCUT2D eigenvalue weighted by atomic mass is 35.5. The van der Waals surface area contributed by atoms with Crippen LogP contribution in [0.25, 0.3) is 27.5 Å². The molecular weight excluding hydrogens is 284 g/mol. The van der Waals surface area contributed by atoms with Gasteiger partial charge in [-0.3, -0.25) is 4.98 Å². The lowest BCUT2D eigenvalue weighted by Gasteiger charge is -2.08. The number of benzene rings is 2. The highest BCUT2D eigenvalue weighted by Crippen LogP contribution is 2.26. The summed E-state index contributed by atoms with van der Waals surface area (Å²) in [6, 6.07) is 13.4. The number of nitrogens with zero attached hydrogens (tertiary/aromatic N) is 3. The summed E-state index contributed by atoms with van der Waals surface area (Å²) >= 11 is 6.03. The van der Waals surface area contributed by atoms with Crippen LogP contribution < -0.4 is 5.73 Å². The SMILES string of the molecule is Nc1ccc2cnn(-c3ccnc4cc(Cl)ccc34)c2c1. The number of aromatic nitrogens is 3. The number of halogens is 1. The average Bonchev–Trinajstić information content (AvgIpc) is 2.89. The fourth-order valence-electron chi connectivity index (χ4n) is 2.52. The van der Waals surface area contributed by atoms with Gasteiger partial charge in [-0.25, -0.2) is 4.68 Å². The summed E-state index contributed by atoms with van der Waals surface area (Å²) in [6.45, 7) is 0. The Labute approximate surface area is 125 Å². The number of hydrogen-bond acceptors (Lipinski definition) is 3. The molecule has 102 valence electrons. The van der Waals surface area contributed by atoms with Gasteiger partial charge in [-0.15, -0.1) is 0 Å². The summed E-state index contributed by atoms with van der Waals surface area (Å²) in [5.41, 5.74) is 9.37. The number of nitrogens with two attached hydrogens (primary N) is 1. The number of pyridine rings is 1. The molecule has 21 heavy (non-hydrogen) atoms. The van der Waals surface area contributed by atoms with E-state index in [1.807, 2.05) is 53.3 Å². The first kappa shape index (κ1) is 12.2. The summed E-state index contributed by atoms with van der Waals surface area (Å²) in [6.07, 6.45) is 3.59. The molecule has 0 atom stereocenters. The lowest BCUT2D eigenvalue weighted by Crippen LogP contribution is -1.98. The first-order chi connectivity index (χ1) is 10.2. The zero-order chi connectivity index (χ0) is 14.4. The van der Waals surface area contributed by atoms with Crippen molar-refractivity contribution in [1.82, 2.24) is 14.8 Å². The summed E-state index contributed by atoms with van der Waals surface area (Å²) in [5, 5.41) is 7.19. The molecule has 0 spiro atoms. The maximum Gasteiger partial charge on any atom is 0.0762 e. The van der Waals surface area contributed by atoms with Crippen LogP contribution in [0, 0.1) is 0 Å². The van der Waals surface area contributed by atoms with Gasteiger partial charge in [-0.2, -0.15) is 5.10 Å². The molecule has 0 radical (unpaired) electrons. The fraction of sp³-hybridized carbons (Fsp3) is 0. The molecule has 0 aliphatic carbocycles. The Balaban J connectivity index is 2.06. The van der Waals surface area contributed by atoms with Gasteiger partial charge < -0.3 is 5.73 Å². The van der Waals surface area contributed by atoms with Gasteiger partial charge in [0.1, 0.15) is 0 Å². The van der Waals surface area contributed by atoms with Gasteiger partial charge >= 0.3 is 0 Å². The van der Waals surface area contributed by atoms with Crippen LogP contribution in [0.2, 0.25) is 5.02 Å². The van der Waals surface area contributed by atoms with E-state index in [1.165, 1.54) is 0 Å². The Morgan fingerprint density at radius 1 is 1.05 bits per heavy atom. The molecule has 4 nitrogen and oxygen atoms in total. The van der Waals surface area contributed by atoms with E-state index in [0.29, 0.717) is 10.7 Å². The molecule has 4 aromatic rings. The third-order valence-electron chi connectivity index (χ3n) is 3.50. The summed E-state index contributed by atoms with van der Waals surface area (Å²) in [4.78, 5) is 4.36. The predicted molar refractivity (Wildman–Crippen MR) is 85.8 cm³/mol. The average molecular weight is 295 g/mol. The van der Waals surface area contributed by atoms with Crippen molar-refractivity contribution >= 4 is 39.1 Å². The Morgan fingerprint density at radius 3 is 2.86 bits per heavy atom. The van der Waals surface area contributed by atoms with E-state index in [2.05, 4.69) is 10.1 Å². The normalized spacial score (nSPS) is 11.3. The predicted octanol–water partition coefficient (Wildman–Crippen LogP) is 3.81. The minimum atomic E-state index is 0.668. The monoisotopic (exact) mass is 294 g/mol. The van der Waals surface area contributed by atoms with E-state index in [9.17, 15) is 0 Å². The van der Waals surface area contributed by atoms with Crippen molar-refractivity contribution < 1.29 is 0 Å². The first-order valence-electron chi connectivity index (χ1n) is 6.50. The fourth-order valence-corrected chi connectivity index (χ4v) is 2.68. The third kappa shape index (κ3) is 1.92. The van der Waals surface area contributed by atoms with Gasteiger partial charge in [-0.05, 0) is 42.5 Å². The van der Waals surface area contributed by atoms with Crippen LogP contribution >= 0.6 is 11.6 Å². The van der Waals surface area contributed by atoms with Crippen LogP contribution in [0.1, 0.15) is 0 Å². The lowest BCUT2D eigenvalue weighted by atomic mass is 10.2. The van der Waals surface area contributed by atoms with Crippen molar-refractivity contribution in [3.8, 4) is 5.69 Å². The van der Waals surface area contributed by atoms with E-state index in [-0.39, 0.29) is 0 Å². The van der Waals surface area contributed by atoms with Gasteiger partial charge in [-0.1, -0.05) is 11.6 Å². The van der Waals surface area contributed by atoms with Gasteiger partial charge in [0.05, 0.1) is 22.9 Å². The first-order valence-corrected chi connectivity index (χ1v) is 6.88. The standard InChI is InChI=1S/C16H11ClN4/c17-11-2-4-13-14(7-11)19-6-5-15(13)21-16-8-12(18)3-1-10(16)9-20-21/h1-9H,18H2. The topological polar surface area (TPSA) is 56.7 Å².